The Morgan fingerprint density at radius 2 is 1.88 bits per heavy atom. The number of rotatable bonds is 5. The molecule has 0 amide bonds. The van der Waals surface area contributed by atoms with E-state index in [-0.39, 0.29) is 5.95 Å². The van der Waals surface area contributed by atoms with Gasteiger partial charge in [0.15, 0.2) is 0 Å². The highest BCUT2D eigenvalue weighted by Crippen LogP contribution is 2.14. The van der Waals surface area contributed by atoms with Crippen LogP contribution >= 0.6 is 11.6 Å². The second-order valence-corrected chi connectivity index (χ2v) is 5.59. The van der Waals surface area contributed by atoms with E-state index >= 15 is 0 Å². The first-order valence-electron chi connectivity index (χ1n) is 7.40. The molecule has 0 saturated heterocycles. The molecule has 2 aromatic carbocycles. The Morgan fingerprint density at radius 1 is 1.08 bits per heavy atom. The van der Waals surface area contributed by atoms with Crippen LogP contribution in [0.25, 0.3) is 5.69 Å². The molecule has 0 radical (unpaired) electrons. The molecule has 24 heavy (non-hydrogen) atoms. The lowest BCUT2D eigenvalue weighted by molar-refractivity contribution is 0.753. The highest BCUT2D eigenvalue weighted by atomic mass is 35.5. The Hall–Kier alpha value is -2.70. The van der Waals surface area contributed by atoms with Gasteiger partial charge in [-0.3, -0.25) is 5.43 Å². The van der Waals surface area contributed by atoms with Crippen LogP contribution in [0.2, 0.25) is 5.02 Å². The van der Waals surface area contributed by atoms with E-state index in [1.165, 1.54) is 4.57 Å². The van der Waals surface area contributed by atoms with Crippen LogP contribution in [-0.2, 0) is 6.54 Å². The summed E-state index contributed by atoms with van der Waals surface area (Å²) in [6.45, 7) is 2.33. The third-order valence-electron chi connectivity index (χ3n) is 3.39. The fraction of sp³-hybridized carbons (Fsp3) is 0.118. The summed E-state index contributed by atoms with van der Waals surface area (Å²) >= 11 is 5.98. The zero-order chi connectivity index (χ0) is 16.9. The highest BCUT2D eigenvalue weighted by Gasteiger charge is 2.09. The molecule has 1 heterocycles. The van der Waals surface area contributed by atoms with Crippen LogP contribution in [0.5, 0.6) is 0 Å². The van der Waals surface area contributed by atoms with Crippen molar-refractivity contribution in [1.82, 2.24) is 20.0 Å². The molecule has 3 rings (SSSR count). The summed E-state index contributed by atoms with van der Waals surface area (Å²) in [6.07, 6.45) is 0. The number of anilines is 1. The zero-order valence-electron chi connectivity index (χ0n) is 13.0. The van der Waals surface area contributed by atoms with Gasteiger partial charge in [0.1, 0.15) is 5.82 Å². The minimum atomic E-state index is -0.422. The van der Waals surface area contributed by atoms with Gasteiger partial charge in [0.25, 0.3) is 0 Å². The summed E-state index contributed by atoms with van der Waals surface area (Å²) in [4.78, 5) is 20.6. The summed E-state index contributed by atoms with van der Waals surface area (Å²) in [7, 11) is 0. The molecule has 6 nitrogen and oxygen atoms in total. The maximum atomic E-state index is 12.3. The van der Waals surface area contributed by atoms with Crippen LogP contribution in [0.1, 0.15) is 11.4 Å². The van der Waals surface area contributed by atoms with Crippen molar-refractivity contribution in [3.05, 3.63) is 81.5 Å². The first kappa shape index (κ1) is 16.2. The fourth-order valence-corrected chi connectivity index (χ4v) is 2.48. The molecular weight excluding hydrogens is 326 g/mol. The van der Waals surface area contributed by atoms with Gasteiger partial charge in [-0.05, 0) is 30.7 Å². The lowest BCUT2D eigenvalue weighted by Gasteiger charge is -2.11. The average molecular weight is 342 g/mol. The molecule has 0 atom stereocenters. The molecule has 0 fully saturated rings. The summed E-state index contributed by atoms with van der Waals surface area (Å²) in [5, 5.41) is 0.547. The van der Waals surface area contributed by atoms with Crippen LogP contribution in [0.3, 0.4) is 0 Å². The second kappa shape index (κ2) is 7.25. The molecule has 0 spiro atoms. The predicted octanol–water partition coefficient (Wildman–Crippen LogP) is 2.71. The minimum absolute atomic E-state index is 0.228. The first-order valence-corrected chi connectivity index (χ1v) is 7.78. The van der Waals surface area contributed by atoms with Crippen molar-refractivity contribution in [2.45, 2.75) is 13.5 Å². The van der Waals surface area contributed by atoms with E-state index in [1.54, 1.807) is 31.2 Å². The van der Waals surface area contributed by atoms with Crippen molar-refractivity contribution in [3.8, 4) is 5.69 Å². The number of aromatic nitrogens is 3. The number of halogens is 1. The highest BCUT2D eigenvalue weighted by molar-refractivity contribution is 6.30. The lowest BCUT2D eigenvalue weighted by Crippen LogP contribution is -2.30. The van der Waals surface area contributed by atoms with Gasteiger partial charge in [-0.25, -0.2) is 14.8 Å². The van der Waals surface area contributed by atoms with Gasteiger partial charge in [0.05, 0.1) is 5.69 Å². The van der Waals surface area contributed by atoms with Gasteiger partial charge in [-0.1, -0.05) is 48.0 Å². The molecule has 0 bridgehead atoms. The molecule has 122 valence electrons. The summed E-state index contributed by atoms with van der Waals surface area (Å²) < 4.78 is 1.41. The van der Waals surface area contributed by atoms with Crippen molar-refractivity contribution in [3.63, 3.8) is 0 Å². The van der Waals surface area contributed by atoms with Gasteiger partial charge in [0.2, 0.25) is 5.95 Å². The maximum Gasteiger partial charge on any atom is 0.356 e. The van der Waals surface area contributed by atoms with Crippen molar-refractivity contribution in [1.29, 1.82) is 0 Å². The number of nitrogens with one attached hydrogen (secondary N) is 2. The van der Waals surface area contributed by atoms with Crippen LogP contribution < -0.4 is 16.5 Å². The van der Waals surface area contributed by atoms with Gasteiger partial charge in [-0.15, -0.1) is 0 Å². The van der Waals surface area contributed by atoms with Crippen molar-refractivity contribution >= 4 is 17.5 Å². The Bertz CT molecular complexity index is 895. The molecule has 0 saturated carbocycles. The average Bonchev–Trinajstić information content (AvgIpc) is 2.55. The van der Waals surface area contributed by atoms with Crippen LogP contribution in [0, 0.1) is 6.92 Å². The summed E-state index contributed by atoms with van der Waals surface area (Å²) in [5.74, 6) is 0.744. The van der Waals surface area contributed by atoms with Gasteiger partial charge in [-0.2, -0.15) is 9.97 Å². The standard InChI is InChI=1S/C17H16ClN5O/c1-12-20-16(22-19-11-13-6-3-2-4-7-13)21-17(24)23(12)15-9-5-8-14(18)10-15/h2-10,19H,11H2,1H3,(H,21,22,24). The maximum absolute atomic E-state index is 12.3. The van der Waals surface area contributed by atoms with Crippen molar-refractivity contribution in [2.24, 2.45) is 0 Å². The number of nitrogens with zero attached hydrogens (tertiary/aromatic N) is 3. The van der Waals surface area contributed by atoms with E-state index < -0.39 is 5.69 Å². The summed E-state index contributed by atoms with van der Waals surface area (Å²) in [5.41, 5.74) is 7.17. The molecule has 7 heteroatoms. The van der Waals surface area contributed by atoms with Gasteiger partial charge in [0, 0.05) is 11.6 Å². The fourth-order valence-electron chi connectivity index (χ4n) is 2.30. The molecule has 0 unspecified atom stereocenters. The Balaban J connectivity index is 1.76. The van der Waals surface area contributed by atoms with Crippen LogP contribution in [0.4, 0.5) is 5.95 Å². The van der Waals surface area contributed by atoms with E-state index in [9.17, 15) is 4.79 Å². The normalized spacial score (nSPS) is 10.6. The monoisotopic (exact) mass is 341 g/mol. The Labute approximate surface area is 144 Å². The van der Waals surface area contributed by atoms with E-state index in [2.05, 4.69) is 20.8 Å². The molecule has 2 N–H and O–H groups in total. The molecule has 0 aliphatic carbocycles. The number of benzene rings is 2. The quantitative estimate of drug-likeness (QED) is 0.698. The number of hydrazine groups is 1. The van der Waals surface area contributed by atoms with E-state index in [0.29, 0.717) is 23.1 Å². The van der Waals surface area contributed by atoms with Crippen molar-refractivity contribution < 1.29 is 0 Å². The number of aryl methyl sites for hydroxylation is 1. The van der Waals surface area contributed by atoms with Crippen LogP contribution in [0.15, 0.2) is 59.4 Å². The zero-order valence-corrected chi connectivity index (χ0v) is 13.8. The number of hydrogen-bond acceptors (Lipinski definition) is 5. The lowest BCUT2D eigenvalue weighted by atomic mass is 10.2. The van der Waals surface area contributed by atoms with Crippen molar-refractivity contribution in [2.75, 3.05) is 5.43 Å². The molecular formula is C17H16ClN5O. The molecule has 0 aliphatic heterocycles. The Kier molecular flexibility index (Phi) is 4.88. The van der Waals surface area contributed by atoms with E-state index in [4.69, 9.17) is 11.6 Å². The third kappa shape index (κ3) is 3.79. The van der Waals surface area contributed by atoms with Crippen LogP contribution in [-0.4, -0.2) is 14.5 Å². The molecule has 0 aliphatic rings. The topological polar surface area (TPSA) is 71.8 Å². The van der Waals surface area contributed by atoms with E-state index in [0.717, 1.165) is 5.56 Å². The second-order valence-electron chi connectivity index (χ2n) is 5.16. The predicted molar refractivity (Wildman–Crippen MR) is 94.3 cm³/mol. The van der Waals surface area contributed by atoms with Gasteiger partial charge >= 0.3 is 5.69 Å². The van der Waals surface area contributed by atoms with E-state index in [1.807, 2.05) is 30.3 Å². The summed E-state index contributed by atoms with van der Waals surface area (Å²) in [6, 6.07) is 16.9. The minimum Gasteiger partial charge on any atom is -0.289 e. The molecule has 3 aromatic rings. The largest absolute Gasteiger partial charge is 0.356 e. The van der Waals surface area contributed by atoms with Gasteiger partial charge < -0.3 is 0 Å². The number of hydrogen-bond donors (Lipinski definition) is 2. The SMILES string of the molecule is Cc1nc(NNCc2ccccc2)nc(=O)n1-c1cccc(Cl)c1. The first-order chi connectivity index (χ1) is 11.6. The Morgan fingerprint density at radius 3 is 2.58 bits per heavy atom. The smallest absolute Gasteiger partial charge is 0.289 e. The third-order valence-corrected chi connectivity index (χ3v) is 3.62. The molecule has 1 aromatic heterocycles.